The van der Waals surface area contributed by atoms with Gasteiger partial charge in [-0.05, 0) is 83.0 Å². The van der Waals surface area contributed by atoms with Gasteiger partial charge in [-0.3, -0.25) is 9.59 Å². The first kappa shape index (κ1) is 29.2. The molecule has 3 aromatic rings. The van der Waals surface area contributed by atoms with Gasteiger partial charge in [0.15, 0.2) is 0 Å². The molecule has 2 N–H and O–H groups in total. The average molecular weight is 528 g/mol. The maximum absolute atomic E-state index is 14.1. The average Bonchev–Trinajstić information content (AvgIpc) is 2.84. The Bertz CT molecular complexity index is 1410. The van der Waals surface area contributed by atoms with Gasteiger partial charge in [-0.15, -0.1) is 6.42 Å². The third-order valence-corrected chi connectivity index (χ3v) is 6.00. The van der Waals surface area contributed by atoms with Crippen LogP contribution in [0.15, 0.2) is 66.7 Å². The number of nitrogens with zero attached hydrogens (tertiary/aromatic N) is 1. The molecule has 0 aliphatic carbocycles. The lowest BCUT2D eigenvalue weighted by atomic mass is 9.92. The first-order valence-corrected chi connectivity index (χ1v) is 12.9. The van der Waals surface area contributed by atoms with Crippen LogP contribution in [0, 0.1) is 12.3 Å². The summed E-state index contributed by atoms with van der Waals surface area (Å²) in [6.45, 7) is 12.3. The molecule has 7 heteroatoms. The van der Waals surface area contributed by atoms with Gasteiger partial charge in [0, 0.05) is 16.8 Å². The number of fused-ring (bicyclic) bond motifs is 1. The maximum atomic E-state index is 14.1. The highest BCUT2D eigenvalue weighted by atomic mass is 16.6. The first-order chi connectivity index (χ1) is 18.2. The van der Waals surface area contributed by atoms with E-state index in [2.05, 4.69) is 16.6 Å². The molecule has 3 rings (SSSR count). The van der Waals surface area contributed by atoms with Crippen molar-refractivity contribution in [2.45, 2.75) is 71.7 Å². The Morgan fingerprint density at radius 1 is 0.897 bits per heavy atom. The van der Waals surface area contributed by atoms with E-state index in [1.165, 1.54) is 4.90 Å². The van der Waals surface area contributed by atoms with Crippen molar-refractivity contribution in [3.05, 3.63) is 77.9 Å². The highest BCUT2D eigenvalue weighted by molar-refractivity contribution is 6.01. The fourth-order valence-electron chi connectivity index (χ4n) is 4.34. The number of anilines is 1. The van der Waals surface area contributed by atoms with Crippen molar-refractivity contribution in [3.63, 3.8) is 0 Å². The van der Waals surface area contributed by atoms with E-state index in [-0.39, 0.29) is 0 Å². The quantitative estimate of drug-likeness (QED) is 0.383. The lowest BCUT2D eigenvalue weighted by molar-refractivity contribution is -0.146. The Labute approximate surface area is 230 Å². The molecule has 39 heavy (non-hydrogen) atoms. The molecule has 2 atom stereocenters. The summed E-state index contributed by atoms with van der Waals surface area (Å²) in [7, 11) is 0. The number of ether oxygens (including phenoxy) is 1. The summed E-state index contributed by atoms with van der Waals surface area (Å²) < 4.78 is 5.34. The first-order valence-electron chi connectivity index (χ1n) is 12.9. The normalized spacial score (nSPS) is 13.1. The molecule has 0 heterocycles. The molecule has 0 aliphatic heterocycles. The van der Waals surface area contributed by atoms with Crippen LogP contribution in [-0.2, 0) is 14.3 Å². The van der Waals surface area contributed by atoms with E-state index in [1.54, 1.807) is 52.0 Å². The predicted molar refractivity (Wildman–Crippen MR) is 155 cm³/mol. The van der Waals surface area contributed by atoms with E-state index in [1.807, 2.05) is 63.2 Å². The van der Waals surface area contributed by atoms with Crippen LogP contribution in [0.25, 0.3) is 10.8 Å². The summed E-state index contributed by atoms with van der Waals surface area (Å²) in [5, 5.41) is 7.60. The van der Waals surface area contributed by atoms with E-state index in [9.17, 15) is 14.4 Å². The van der Waals surface area contributed by atoms with Crippen molar-refractivity contribution < 1.29 is 19.1 Å². The maximum Gasteiger partial charge on any atom is 0.408 e. The fourth-order valence-corrected chi connectivity index (χ4v) is 4.34. The predicted octanol–water partition coefficient (Wildman–Crippen LogP) is 6.04. The molecule has 0 saturated carbocycles. The third kappa shape index (κ3) is 7.38. The van der Waals surface area contributed by atoms with E-state index in [0.717, 1.165) is 10.8 Å². The molecule has 0 radical (unpaired) electrons. The molecule has 0 bridgehead atoms. The zero-order valence-electron chi connectivity index (χ0n) is 23.7. The van der Waals surface area contributed by atoms with Crippen LogP contribution in [0.1, 0.15) is 65.6 Å². The van der Waals surface area contributed by atoms with Gasteiger partial charge < -0.3 is 20.3 Å². The number of rotatable bonds is 6. The molecule has 3 aromatic carbocycles. The number of benzene rings is 3. The number of carbonyl (C=O) groups excluding carboxylic acids is 3. The van der Waals surface area contributed by atoms with Crippen molar-refractivity contribution in [2.24, 2.45) is 0 Å². The van der Waals surface area contributed by atoms with Gasteiger partial charge in [0.1, 0.15) is 17.7 Å². The minimum atomic E-state index is -1.08. The molecule has 0 aromatic heterocycles. The molecule has 204 valence electrons. The summed E-state index contributed by atoms with van der Waals surface area (Å²) >= 11 is 0. The second-order valence-electron chi connectivity index (χ2n) is 11.4. The number of hydrogen-bond acceptors (Lipinski definition) is 4. The molecule has 0 saturated heterocycles. The zero-order valence-corrected chi connectivity index (χ0v) is 23.7. The van der Waals surface area contributed by atoms with E-state index in [4.69, 9.17) is 11.2 Å². The van der Waals surface area contributed by atoms with Crippen molar-refractivity contribution in [1.82, 2.24) is 10.2 Å². The van der Waals surface area contributed by atoms with Crippen LogP contribution in [0.5, 0.6) is 0 Å². The van der Waals surface area contributed by atoms with Gasteiger partial charge in [-0.1, -0.05) is 54.5 Å². The number of carbonyl (C=O) groups is 3. The smallest absolute Gasteiger partial charge is 0.408 e. The SMILES string of the molecule is C#Cc1ccccc1C(C(=O)Nc1ccc2ccccc2c1)N(C(=O)C(C)NC(=O)OC(C)(C)C)C(C)(C)C. The number of amides is 3. The Kier molecular flexibility index (Phi) is 8.71. The van der Waals surface area contributed by atoms with Crippen molar-refractivity contribution >= 4 is 34.4 Å². The number of terminal acetylenes is 1. The summed E-state index contributed by atoms with van der Waals surface area (Å²) in [5.41, 5.74) is 0.0265. The fraction of sp³-hybridized carbons (Fsp3) is 0.344. The molecule has 0 spiro atoms. The number of alkyl carbamates (subject to hydrolysis) is 1. The monoisotopic (exact) mass is 527 g/mol. The summed E-state index contributed by atoms with van der Waals surface area (Å²) in [6, 6.07) is 18.4. The van der Waals surface area contributed by atoms with Gasteiger partial charge in [0.2, 0.25) is 5.91 Å². The van der Waals surface area contributed by atoms with Crippen LogP contribution in [0.3, 0.4) is 0 Å². The number of nitrogens with one attached hydrogen (secondary N) is 2. The van der Waals surface area contributed by atoms with E-state index >= 15 is 0 Å². The minimum Gasteiger partial charge on any atom is -0.444 e. The third-order valence-electron chi connectivity index (χ3n) is 6.00. The van der Waals surface area contributed by atoms with Crippen molar-refractivity contribution in [1.29, 1.82) is 0 Å². The molecule has 7 nitrogen and oxygen atoms in total. The topological polar surface area (TPSA) is 87.7 Å². The Morgan fingerprint density at radius 3 is 2.13 bits per heavy atom. The van der Waals surface area contributed by atoms with Crippen LogP contribution in [0.2, 0.25) is 0 Å². The molecule has 3 amide bonds. The van der Waals surface area contributed by atoms with Gasteiger partial charge in [0.25, 0.3) is 5.91 Å². The van der Waals surface area contributed by atoms with E-state index < -0.39 is 41.1 Å². The molecule has 0 fully saturated rings. The second-order valence-corrected chi connectivity index (χ2v) is 11.4. The molecular formula is C32H37N3O4. The van der Waals surface area contributed by atoms with Crippen molar-refractivity contribution in [3.8, 4) is 12.3 Å². The lowest BCUT2D eigenvalue weighted by Crippen LogP contribution is -2.57. The van der Waals surface area contributed by atoms with Crippen LogP contribution >= 0.6 is 0 Å². The largest absolute Gasteiger partial charge is 0.444 e. The van der Waals surface area contributed by atoms with Crippen LogP contribution in [-0.4, -0.2) is 40.0 Å². The Morgan fingerprint density at radius 2 is 1.51 bits per heavy atom. The van der Waals surface area contributed by atoms with Crippen LogP contribution < -0.4 is 10.6 Å². The Balaban J connectivity index is 2.05. The highest BCUT2D eigenvalue weighted by Crippen LogP contribution is 2.33. The molecule has 2 unspecified atom stereocenters. The van der Waals surface area contributed by atoms with Crippen molar-refractivity contribution in [2.75, 3.05) is 5.32 Å². The standard InChI is InChI=1S/C32H37N3O4/c1-9-22-14-12-13-17-26(22)27(28(36)34-25-19-18-23-15-10-11-16-24(23)20-25)35(31(3,4)5)29(37)21(2)33-30(38)39-32(6,7)8/h1,10-21,27H,2-8H3,(H,33,38)(H,34,36). The lowest BCUT2D eigenvalue weighted by Gasteiger charge is -2.42. The van der Waals surface area contributed by atoms with Gasteiger partial charge in [-0.25, -0.2) is 4.79 Å². The number of hydrogen-bond donors (Lipinski definition) is 2. The summed E-state index contributed by atoms with van der Waals surface area (Å²) in [5.74, 6) is 1.75. The van der Waals surface area contributed by atoms with Gasteiger partial charge in [-0.2, -0.15) is 0 Å². The Hall–Kier alpha value is -4.31. The molecular weight excluding hydrogens is 490 g/mol. The summed E-state index contributed by atoms with van der Waals surface area (Å²) in [6.07, 6.45) is 5.09. The minimum absolute atomic E-state index is 0.430. The van der Waals surface area contributed by atoms with E-state index in [0.29, 0.717) is 16.8 Å². The second kappa shape index (κ2) is 11.6. The highest BCUT2D eigenvalue weighted by Gasteiger charge is 2.41. The zero-order chi connectivity index (χ0) is 29.0. The summed E-state index contributed by atoms with van der Waals surface area (Å²) in [4.78, 5) is 41.9. The van der Waals surface area contributed by atoms with Gasteiger partial charge >= 0.3 is 6.09 Å². The van der Waals surface area contributed by atoms with Gasteiger partial charge in [0.05, 0.1) is 0 Å². The molecule has 0 aliphatic rings. The van der Waals surface area contributed by atoms with Crippen LogP contribution in [0.4, 0.5) is 10.5 Å².